The van der Waals surface area contributed by atoms with E-state index >= 15 is 0 Å². The molecule has 3 rings (SSSR count). The highest BCUT2D eigenvalue weighted by atomic mass is 19.1. The van der Waals surface area contributed by atoms with Gasteiger partial charge in [-0.05, 0) is 48.9 Å². The number of carbonyl (C=O) groups is 2. The Morgan fingerprint density at radius 3 is 2.31 bits per heavy atom. The molecule has 0 fully saturated rings. The van der Waals surface area contributed by atoms with Crippen LogP contribution >= 0.6 is 0 Å². The number of carbonyl (C=O) groups excluding carboxylic acids is 2. The molecule has 0 saturated heterocycles. The van der Waals surface area contributed by atoms with Gasteiger partial charge in [0.15, 0.2) is 0 Å². The fourth-order valence-electron chi connectivity index (χ4n) is 2.83. The van der Waals surface area contributed by atoms with Gasteiger partial charge in [-0.1, -0.05) is 42.5 Å². The molecular weight excluding hydrogens is 369 g/mol. The van der Waals surface area contributed by atoms with Crippen molar-refractivity contribution in [1.82, 2.24) is 4.90 Å². The molecule has 0 aliphatic rings. The standard InChI is InChI=1S/C23H22FN3O2/c1-16(27(2)23(29)26-21-14-7-6-13-20(21)24)18-11-8-12-19(15-18)25-22(28)17-9-4-3-5-10-17/h3-16H,1-2H3,(H,25,28)(H,26,29). The van der Waals surface area contributed by atoms with Gasteiger partial charge in [0.2, 0.25) is 0 Å². The minimum atomic E-state index is -0.493. The maximum Gasteiger partial charge on any atom is 0.322 e. The quantitative estimate of drug-likeness (QED) is 0.620. The molecule has 3 amide bonds. The van der Waals surface area contributed by atoms with Crippen molar-refractivity contribution in [3.8, 4) is 0 Å². The lowest BCUT2D eigenvalue weighted by atomic mass is 10.1. The van der Waals surface area contributed by atoms with E-state index in [1.807, 2.05) is 31.2 Å². The number of nitrogens with zero attached hydrogens (tertiary/aromatic N) is 1. The lowest BCUT2D eigenvalue weighted by molar-refractivity contribution is 0.102. The van der Waals surface area contributed by atoms with Gasteiger partial charge in [0.05, 0.1) is 11.7 Å². The van der Waals surface area contributed by atoms with Gasteiger partial charge < -0.3 is 15.5 Å². The van der Waals surface area contributed by atoms with Crippen LogP contribution in [-0.2, 0) is 0 Å². The Labute approximate surface area is 169 Å². The third-order valence-corrected chi connectivity index (χ3v) is 4.68. The molecule has 0 aromatic heterocycles. The Hall–Kier alpha value is -3.67. The van der Waals surface area contributed by atoms with E-state index in [0.29, 0.717) is 11.3 Å². The van der Waals surface area contributed by atoms with Crippen LogP contribution in [0.1, 0.15) is 28.9 Å². The molecule has 29 heavy (non-hydrogen) atoms. The number of para-hydroxylation sites is 1. The Morgan fingerprint density at radius 2 is 1.59 bits per heavy atom. The van der Waals surface area contributed by atoms with E-state index in [1.165, 1.54) is 17.0 Å². The van der Waals surface area contributed by atoms with Crippen molar-refractivity contribution in [2.75, 3.05) is 17.7 Å². The number of nitrogens with one attached hydrogen (secondary N) is 2. The molecule has 2 N–H and O–H groups in total. The van der Waals surface area contributed by atoms with Crippen molar-refractivity contribution in [2.45, 2.75) is 13.0 Å². The van der Waals surface area contributed by atoms with Gasteiger partial charge in [-0.25, -0.2) is 9.18 Å². The first-order chi connectivity index (χ1) is 14.0. The lowest BCUT2D eigenvalue weighted by Gasteiger charge is -2.26. The SMILES string of the molecule is CC(c1cccc(NC(=O)c2ccccc2)c1)N(C)C(=O)Nc1ccccc1F. The van der Waals surface area contributed by atoms with E-state index in [4.69, 9.17) is 0 Å². The molecule has 0 aliphatic heterocycles. The Morgan fingerprint density at radius 1 is 0.897 bits per heavy atom. The highest BCUT2D eigenvalue weighted by Gasteiger charge is 2.19. The van der Waals surface area contributed by atoms with E-state index in [-0.39, 0.29) is 17.6 Å². The average molecular weight is 391 g/mol. The van der Waals surface area contributed by atoms with Crippen LogP contribution < -0.4 is 10.6 Å². The fourth-order valence-corrected chi connectivity index (χ4v) is 2.83. The van der Waals surface area contributed by atoms with Gasteiger partial charge in [0, 0.05) is 18.3 Å². The molecule has 0 radical (unpaired) electrons. The van der Waals surface area contributed by atoms with Gasteiger partial charge >= 0.3 is 6.03 Å². The zero-order valence-corrected chi connectivity index (χ0v) is 16.2. The largest absolute Gasteiger partial charge is 0.322 e. The second-order valence-corrected chi connectivity index (χ2v) is 6.64. The molecule has 0 aliphatic carbocycles. The van der Waals surface area contributed by atoms with Gasteiger partial charge in [-0.2, -0.15) is 0 Å². The number of rotatable bonds is 5. The molecule has 0 saturated carbocycles. The first-order valence-corrected chi connectivity index (χ1v) is 9.20. The van der Waals surface area contributed by atoms with Crippen molar-refractivity contribution in [2.24, 2.45) is 0 Å². The minimum Gasteiger partial charge on any atom is -0.322 e. The van der Waals surface area contributed by atoms with E-state index in [2.05, 4.69) is 10.6 Å². The topological polar surface area (TPSA) is 61.4 Å². The Kier molecular flexibility index (Phi) is 6.24. The molecule has 6 heteroatoms. The molecular formula is C23H22FN3O2. The van der Waals surface area contributed by atoms with Crippen LogP contribution in [0.15, 0.2) is 78.9 Å². The summed E-state index contributed by atoms with van der Waals surface area (Å²) in [5.74, 6) is -0.700. The van der Waals surface area contributed by atoms with E-state index in [0.717, 1.165) is 5.56 Å². The molecule has 3 aromatic carbocycles. The predicted octanol–water partition coefficient (Wildman–Crippen LogP) is 5.30. The van der Waals surface area contributed by atoms with Crippen LogP contribution in [0.4, 0.5) is 20.6 Å². The second kappa shape index (κ2) is 9.01. The zero-order valence-electron chi connectivity index (χ0n) is 16.2. The molecule has 5 nitrogen and oxygen atoms in total. The first kappa shape index (κ1) is 20.1. The van der Waals surface area contributed by atoms with Crippen molar-refractivity contribution >= 4 is 23.3 Å². The molecule has 0 bridgehead atoms. The summed E-state index contributed by atoms with van der Waals surface area (Å²) in [7, 11) is 1.63. The van der Waals surface area contributed by atoms with Gasteiger partial charge in [-0.15, -0.1) is 0 Å². The summed E-state index contributed by atoms with van der Waals surface area (Å²) in [6.45, 7) is 1.86. The molecule has 0 spiro atoms. The van der Waals surface area contributed by atoms with Gasteiger partial charge in [0.1, 0.15) is 5.82 Å². The van der Waals surface area contributed by atoms with Crippen LogP contribution in [0, 0.1) is 5.82 Å². The summed E-state index contributed by atoms with van der Waals surface area (Å²) in [6.07, 6.45) is 0. The number of hydrogen-bond donors (Lipinski definition) is 2. The Balaban J connectivity index is 1.69. The van der Waals surface area contributed by atoms with Crippen LogP contribution in [0.5, 0.6) is 0 Å². The van der Waals surface area contributed by atoms with E-state index in [9.17, 15) is 14.0 Å². The van der Waals surface area contributed by atoms with Crippen LogP contribution in [0.3, 0.4) is 0 Å². The number of halogens is 1. The van der Waals surface area contributed by atoms with Crippen LogP contribution in [0.2, 0.25) is 0 Å². The third kappa shape index (κ3) is 4.99. The zero-order chi connectivity index (χ0) is 20.8. The maximum atomic E-state index is 13.8. The highest BCUT2D eigenvalue weighted by molar-refractivity contribution is 6.04. The molecule has 3 aromatic rings. The number of urea groups is 1. The van der Waals surface area contributed by atoms with Crippen molar-refractivity contribution in [1.29, 1.82) is 0 Å². The fraction of sp³-hybridized carbons (Fsp3) is 0.130. The summed E-state index contributed by atoms with van der Waals surface area (Å²) in [4.78, 5) is 26.3. The number of hydrogen-bond acceptors (Lipinski definition) is 2. The van der Waals surface area contributed by atoms with E-state index in [1.54, 1.807) is 49.5 Å². The van der Waals surface area contributed by atoms with Crippen molar-refractivity contribution in [3.63, 3.8) is 0 Å². The monoisotopic (exact) mass is 391 g/mol. The van der Waals surface area contributed by atoms with Crippen LogP contribution in [0.25, 0.3) is 0 Å². The molecule has 0 heterocycles. The number of amides is 3. The lowest BCUT2D eigenvalue weighted by Crippen LogP contribution is -2.33. The molecule has 148 valence electrons. The first-order valence-electron chi connectivity index (χ1n) is 9.20. The maximum absolute atomic E-state index is 13.8. The minimum absolute atomic E-state index is 0.125. The average Bonchev–Trinajstić information content (AvgIpc) is 2.75. The normalized spacial score (nSPS) is 11.4. The smallest absolute Gasteiger partial charge is 0.322 e. The third-order valence-electron chi connectivity index (χ3n) is 4.68. The predicted molar refractivity (Wildman–Crippen MR) is 112 cm³/mol. The Bertz CT molecular complexity index is 1010. The highest BCUT2D eigenvalue weighted by Crippen LogP contribution is 2.23. The summed E-state index contributed by atoms with van der Waals surface area (Å²) >= 11 is 0. The molecule has 1 atom stereocenters. The second-order valence-electron chi connectivity index (χ2n) is 6.64. The summed E-state index contributed by atoms with van der Waals surface area (Å²) in [5.41, 5.74) is 2.15. The molecule has 1 unspecified atom stereocenters. The van der Waals surface area contributed by atoms with Gasteiger partial charge in [-0.3, -0.25) is 4.79 Å². The number of anilines is 2. The van der Waals surface area contributed by atoms with Crippen molar-refractivity contribution < 1.29 is 14.0 Å². The van der Waals surface area contributed by atoms with E-state index < -0.39 is 11.8 Å². The van der Waals surface area contributed by atoms with Crippen LogP contribution in [-0.4, -0.2) is 23.9 Å². The summed E-state index contributed by atoms with van der Waals surface area (Å²) in [5, 5.41) is 5.43. The van der Waals surface area contributed by atoms with Gasteiger partial charge in [0.25, 0.3) is 5.91 Å². The summed E-state index contributed by atoms with van der Waals surface area (Å²) < 4.78 is 13.8. The summed E-state index contributed by atoms with van der Waals surface area (Å²) in [6, 6.07) is 21.5. The number of benzene rings is 3. The van der Waals surface area contributed by atoms with Crippen molar-refractivity contribution in [3.05, 3.63) is 95.8 Å².